The maximum Gasteiger partial charge on any atom is 0.239 e. The maximum absolute atomic E-state index is 12.0. The summed E-state index contributed by atoms with van der Waals surface area (Å²) in [4.78, 5) is 16.1. The summed E-state index contributed by atoms with van der Waals surface area (Å²) in [5.74, 6) is 1.89. The van der Waals surface area contributed by atoms with Crippen molar-refractivity contribution in [3.63, 3.8) is 0 Å². The van der Waals surface area contributed by atoms with Crippen LogP contribution in [0.2, 0.25) is 0 Å². The molecule has 1 fully saturated rings. The Morgan fingerprint density at radius 2 is 2.24 bits per heavy atom. The molecule has 3 atom stereocenters. The van der Waals surface area contributed by atoms with Crippen molar-refractivity contribution in [2.75, 3.05) is 19.3 Å². The Bertz CT molecular complexity index is 589. The van der Waals surface area contributed by atoms with E-state index in [4.69, 9.17) is 4.42 Å². The Hall–Kier alpha value is -1.83. The van der Waals surface area contributed by atoms with E-state index in [1.165, 1.54) is 0 Å². The number of guanidine groups is 1. The van der Waals surface area contributed by atoms with E-state index in [2.05, 4.69) is 20.9 Å². The summed E-state index contributed by atoms with van der Waals surface area (Å²) < 4.78 is 17.2. The van der Waals surface area contributed by atoms with Crippen LogP contribution in [0, 0.1) is 0 Å². The number of rotatable bonds is 7. The van der Waals surface area contributed by atoms with Crippen molar-refractivity contribution in [2.45, 2.75) is 50.4 Å². The number of aliphatic imine (C=N–C) groups is 1. The SMILES string of the molecule is CCS(=O)C1CCCC(NC(=NC)NCC(=O)NCc2ccco2)C1. The molecule has 1 heterocycles. The Kier molecular flexibility index (Phi) is 7.97. The number of hydrogen-bond donors (Lipinski definition) is 3. The molecule has 3 N–H and O–H groups in total. The van der Waals surface area contributed by atoms with Crippen LogP contribution in [0.4, 0.5) is 0 Å². The minimum absolute atomic E-state index is 0.132. The van der Waals surface area contributed by atoms with Crippen molar-refractivity contribution < 1.29 is 13.4 Å². The third-order valence-corrected chi connectivity index (χ3v) is 6.04. The second-order valence-corrected chi connectivity index (χ2v) is 8.09. The average Bonchev–Trinajstić information content (AvgIpc) is 3.16. The summed E-state index contributed by atoms with van der Waals surface area (Å²) in [6.45, 7) is 2.47. The van der Waals surface area contributed by atoms with E-state index < -0.39 is 10.8 Å². The van der Waals surface area contributed by atoms with Gasteiger partial charge in [0.15, 0.2) is 5.96 Å². The van der Waals surface area contributed by atoms with Gasteiger partial charge in [-0.1, -0.05) is 13.3 Å². The Morgan fingerprint density at radius 3 is 2.92 bits per heavy atom. The quantitative estimate of drug-likeness (QED) is 0.495. The van der Waals surface area contributed by atoms with Crippen LogP contribution in [-0.2, 0) is 22.1 Å². The van der Waals surface area contributed by atoms with E-state index in [9.17, 15) is 9.00 Å². The monoisotopic (exact) mass is 368 g/mol. The van der Waals surface area contributed by atoms with Crippen LogP contribution >= 0.6 is 0 Å². The summed E-state index contributed by atoms with van der Waals surface area (Å²) in [5, 5.41) is 9.41. The summed E-state index contributed by atoms with van der Waals surface area (Å²) in [5.41, 5.74) is 0. The lowest BCUT2D eigenvalue weighted by Crippen LogP contribution is -2.48. The molecule has 2 rings (SSSR count). The predicted molar refractivity (Wildman–Crippen MR) is 99.8 cm³/mol. The molecule has 3 unspecified atom stereocenters. The van der Waals surface area contributed by atoms with Crippen molar-refractivity contribution in [2.24, 2.45) is 4.99 Å². The molecule has 0 aliphatic heterocycles. The molecular weight excluding hydrogens is 340 g/mol. The average molecular weight is 369 g/mol. The van der Waals surface area contributed by atoms with E-state index in [1.54, 1.807) is 19.4 Å². The smallest absolute Gasteiger partial charge is 0.239 e. The molecule has 8 heteroatoms. The highest BCUT2D eigenvalue weighted by atomic mass is 32.2. The topological polar surface area (TPSA) is 95.7 Å². The van der Waals surface area contributed by atoms with Crippen LogP contribution in [-0.4, -0.2) is 46.7 Å². The zero-order valence-electron chi connectivity index (χ0n) is 14.9. The van der Waals surface area contributed by atoms with Gasteiger partial charge in [0.25, 0.3) is 0 Å². The second-order valence-electron chi connectivity index (χ2n) is 6.08. The highest BCUT2D eigenvalue weighted by Crippen LogP contribution is 2.22. The van der Waals surface area contributed by atoms with E-state index in [-0.39, 0.29) is 23.7 Å². The van der Waals surface area contributed by atoms with Crippen LogP contribution in [0.5, 0.6) is 0 Å². The standard InChI is InChI=1S/C17H28N4O3S/c1-3-25(23)15-8-4-6-13(10-15)21-17(18-2)20-12-16(22)19-11-14-7-5-9-24-14/h5,7,9,13,15H,3-4,6,8,10-12H2,1-2H3,(H,19,22)(H2,18,20,21). The van der Waals surface area contributed by atoms with Crippen LogP contribution in [0.25, 0.3) is 0 Å². The third kappa shape index (κ3) is 6.53. The van der Waals surface area contributed by atoms with E-state index in [1.807, 2.05) is 13.0 Å². The molecule has 0 aromatic carbocycles. The number of nitrogens with one attached hydrogen (secondary N) is 3. The van der Waals surface area contributed by atoms with Gasteiger partial charge in [0, 0.05) is 34.9 Å². The minimum Gasteiger partial charge on any atom is -0.467 e. The summed E-state index contributed by atoms with van der Waals surface area (Å²) in [7, 11) is 0.928. The van der Waals surface area contributed by atoms with Gasteiger partial charge < -0.3 is 20.4 Å². The fourth-order valence-electron chi connectivity index (χ4n) is 2.96. The first-order valence-corrected chi connectivity index (χ1v) is 10.1. The summed E-state index contributed by atoms with van der Waals surface area (Å²) in [6, 6.07) is 3.84. The zero-order valence-corrected chi connectivity index (χ0v) is 15.7. The molecule has 1 aliphatic rings. The molecule has 1 aromatic heterocycles. The zero-order chi connectivity index (χ0) is 18.1. The lowest BCUT2D eigenvalue weighted by molar-refractivity contribution is -0.120. The van der Waals surface area contributed by atoms with Crippen molar-refractivity contribution in [3.05, 3.63) is 24.2 Å². The van der Waals surface area contributed by atoms with Crippen molar-refractivity contribution >= 4 is 22.7 Å². The molecule has 1 aliphatic carbocycles. The molecule has 0 spiro atoms. The largest absolute Gasteiger partial charge is 0.467 e. The number of carbonyl (C=O) groups excluding carboxylic acids is 1. The maximum atomic E-state index is 12.0. The van der Waals surface area contributed by atoms with Crippen LogP contribution in [0.15, 0.2) is 27.8 Å². The fraction of sp³-hybridized carbons (Fsp3) is 0.647. The molecule has 1 saturated carbocycles. The summed E-state index contributed by atoms with van der Waals surface area (Å²) >= 11 is 0. The first kappa shape index (κ1) is 19.5. The molecule has 0 bridgehead atoms. The second kappa shape index (κ2) is 10.2. The van der Waals surface area contributed by atoms with Gasteiger partial charge in [-0.15, -0.1) is 0 Å². The molecule has 0 saturated heterocycles. The third-order valence-electron chi connectivity index (χ3n) is 4.30. The van der Waals surface area contributed by atoms with Crippen molar-refractivity contribution in [1.29, 1.82) is 0 Å². The van der Waals surface area contributed by atoms with E-state index >= 15 is 0 Å². The highest BCUT2D eigenvalue weighted by Gasteiger charge is 2.26. The van der Waals surface area contributed by atoms with Gasteiger partial charge in [-0.2, -0.15) is 0 Å². The van der Waals surface area contributed by atoms with Crippen molar-refractivity contribution in [1.82, 2.24) is 16.0 Å². The molecule has 1 amide bonds. The van der Waals surface area contributed by atoms with E-state index in [0.29, 0.717) is 24.0 Å². The first-order valence-electron chi connectivity index (χ1n) is 8.75. The molecule has 25 heavy (non-hydrogen) atoms. The number of carbonyl (C=O) groups is 1. The number of amides is 1. The predicted octanol–water partition coefficient (Wildman–Crippen LogP) is 1.14. The van der Waals surface area contributed by atoms with Crippen LogP contribution < -0.4 is 16.0 Å². The molecule has 7 nitrogen and oxygen atoms in total. The van der Waals surface area contributed by atoms with Gasteiger partial charge in [0.05, 0.1) is 19.4 Å². The summed E-state index contributed by atoms with van der Waals surface area (Å²) in [6.07, 6.45) is 5.58. The number of hydrogen-bond acceptors (Lipinski definition) is 4. The molecular formula is C17H28N4O3S. The number of furan rings is 1. The molecule has 1 aromatic rings. The lowest BCUT2D eigenvalue weighted by Gasteiger charge is -2.30. The van der Waals surface area contributed by atoms with Gasteiger partial charge in [-0.05, 0) is 31.4 Å². The van der Waals surface area contributed by atoms with Crippen LogP contribution in [0.1, 0.15) is 38.4 Å². The van der Waals surface area contributed by atoms with Gasteiger partial charge in [-0.25, -0.2) is 0 Å². The molecule has 140 valence electrons. The Labute approximate surface area is 151 Å². The minimum atomic E-state index is -0.753. The normalized spacial score (nSPS) is 22.2. The lowest BCUT2D eigenvalue weighted by atomic mass is 9.95. The van der Waals surface area contributed by atoms with Crippen molar-refractivity contribution in [3.8, 4) is 0 Å². The van der Waals surface area contributed by atoms with Gasteiger partial charge in [0.2, 0.25) is 5.91 Å². The first-order chi connectivity index (χ1) is 12.1. The van der Waals surface area contributed by atoms with E-state index in [0.717, 1.165) is 25.7 Å². The Morgan fingerprint density at radius 1 is 1.40 bits per heavy atom. The number of nitrogens with zero attached hydrogens (tertiary/aromatic N) is 1. The Balaban J connectivity index is 1.72. The van der Waals surface area contributed by atoms with Gasteiger partial charge in [0.1, 0.15) is 5.76 Å². The molecule has 0 radical (unpaired) electrons. The highest BCUT2D eigenvalue weighted by molar-refractivity contribution is 7.85. The fourth-order valence-corrected chi connectivity index (χ4v) is 4.31. The van der Waals surface area contributed by atoms with Crippen LogP contribution in [0.3, 0.4) is 0 Å². The van der Waals surface area contributed by atoms with Gasteiger partial charge in [-0.3, -0.25) is 14.0 Å². The van der Waals surface area contributed by atoms with Gasteiger partial charge >= 0.3 is 0 Å².